The van der Waals surface area contributed by atoms with Crippen molar-refractivity contribution in [2.45, 2.75) is 6.92 Å². The maximum Gasteiger partial charge on any atom is 0.316 e. The molecule has 0 aromatic heterocycles. The minimum Gasteiger partial charge on any atom is -0.455 e. The molecule has 0 atom stereocenters. The zero-order valence-corrected chi connectivity index (χ0v) is 16.5. The largest absolute Gasteiger partial charge is 0.455 e. The number of aryl methyl sites for hydroxylation is 1. The van der Waals surface area contributed by atoms with Gasteiger partial charge >= 0.3 is 5.97 Å². The summed E-state index contributed by atoms with van der Waals surface area (Å²) in [7, 11) is 0. The normalized spacial score (nSPS) is 11.6. The summed E-state index contributed by atoms with van der Waals surface area (Å²) in [6.45, 7) is 1.69. The number of benzene rings is 2. The monoisotopic (exact) mass is 416 g/mol. The van der Waals surface area contributed by atoms with E-state index in [4.69, 9.17) is 14.2 Å². The van der Waals surface area contributed by atoms with Crippen LogP contribution >= 0.6 is 11.8 Å². The van der Waals surface area contributed by atoms with Gasteiger partial charge in [0, 0.05) is 17.4 Å². The van der Waals surface area contributed by atoms with Crippen LogP contribution < -0.4 is 20.1 Å². The number of thioether (sulfide) groups is 1. The summed E-state index contributed by atoms with van der Waals surface area (Å²) in [5, 5.41) is 5.35. The standard InChI is InChI=1S/C20H20N2O6S/c1-13-2-4-14(5-3-13)21-19(24)10-29-11-20(25)26-9-18(23)22-15-6-7-16-17(8-15)28-12-27-16/h2-8H,9-12H2,1H3,(H,21,24)(H,22,23). The lowest BCUT2D eigenvalue weighted by Gasteiger charge is -2.08. The van der Waals surface area contributed by atoms with Crippen molar-refractivity contribution in [3.05, 3.63) is 48.0 Å². The molecule has 29 heavy (non-hydrogen) atoms. The highest BCUT2D eigenvalue weighted by Gasteiger charge is 2.15. The van der Waals surface area contributed by atoms with Crippen LogP contribution in [0, 0.1) is 6.92 Å². The predicted molar refractivity (Wildman–Crippen MR) is 109 cm³/mol. The number of nitrogens with one attached hydrogen (secondary N) is 2. The molecule has 2 N–H and O–H groups in total. The summed E-state index contributed by atoms with van der Waals surface area (Å²) in [6, 6.07) is 12.4. The van der Waals surface area contributed by atoms with Gasteiger partial charge in [-0.15, -0.1) is 11.8 Å². The molecular weight excluding hydrogens is 396 g/mol. The van der Waals surface area contributed by atoms with E-state index in [1.807, 2.05) is 31.2 Å². The number of hydrogen-bond donors (Lipinski definition) is 2. The van der Waals surface area contributed by atoms with Crippen LogP contribution in [0.3, 0.4) is 0 Å². The second-order valence-electron chi connectivity index (χ2n) is 6.18. The molecule has 0 spiro atoms. The van der Waals surface area contributed by atoms with Crippen LogP contribution in [0.5, 0.6) is 11.5 Å². The fraction of sp³-hybridized carbons (Fsp3) is 0.250. The number of hydrogen-bond acceptors (Lipinski definition) is 7. The molecule has 0 bridgehead atoms. The molecule has 0 unspecified atom stereocenters. The number of fused-ring (bicyclic) bond motifs is 1. The second kappa shape index (κ2) is 9.83. The van der Waals surface area contributed by atoms with Gasteiger partial charge in [0.1, 0.15) is 0 Å². The van der Waals surface area contributed by atoms with Gasteiger partial charge in [0.25, 0.3) is 5.91 Å². The highest BCUT2D eigenvalue weighted by molar-refractivity contribution is 8.00. The maximum atomic E-state index is 11.9. The highest BCUT2D eigenvalue weighted by Crippen LogP contribution is 2.34. The average molecular weight is 416 g/mol. The van der Waals surface area contributed by atoms with E-state index >= 15 is 0 Å². The van der Waals surface area contributed by atoms with E-state index in [0.717, 1.165) is 17.3 Å². The third-order valence-electron chi connectivity index (χ3n) is 3.81. The van der Waals surface area contributed by atoms with Crippen molar-refractivity contribution in [2.24, 2.45) is 0 Å². The van der Waals surface area contributed by atoms with E-state index in [9.17, 15) is 14.4 Å². The summed E-state index contributed by atoms with van der Waals surface area (Å²) in [5.41, 5.74) is 2.31. The molecule has 2 aromatic rings. The van der Waals surface area contributed by atoms with Crippen molar-refractivity contribution in [3.63, 3.8) is 0 Å². The summed E-state index contributed by atoms with van der Waals surface area (Å²) in [4.78, 5) is 35.5. The predicted octanol–water partition coefficient (Wildman–Crippen LogP) is 2.58. The number of carbonyl (C=O) groups excluding carboxylic acids is 3. The molecule has 0 aliphatic carbocycles. The van der Waals surface area contributed by atoms with Crippen molar-refractivity contribution in [1.82, 2.24) is 0 Å². The highest BCUT2D eigenvalue weighted by atomic mass is 32.2. The van der Waals surface area contributed by atoms with Crippen molar-refractivity contribution in [2.75, 3.05) is 35.5 Å². The third-order valence-corrected chi connectivity index (χ3v) is 4.72. The molecule has 152 valence electrons. The first-order valence-electron chi connectivity index (χ1n) is 8.79. The van der Waals surface area contributed by atoms with Crippen molar-refractivity contribution in [3.8, 4) is 11.5 Å². The Bertz CT molecular complexity index is 900. The minimum atomic E-state index is -0.570. The number of esters is 1. The van der Waals surface area contributed by atoms with Crippen molar-refractivity contribution < 1.29 is 28.6 Å². The Balaban J connectivity index is 1.31. The van der Waals surface area contributed by atoms with E-state index in [1.165, 1.54) is 0 Å². The van der Waals surface area contributed by atoms with Gasteiger partial charge in [-0.3, -0.25) is 14.4 Å². The molecule has 1 aliphatic rings. The van der Waals surface area contributed by atoms with E-state index in [0.29, 0.717) is 22.9 Å². The smallest absolute Gasteiger partial charge is 0.316 e. The minimum absolute atomic E-state index is 0.0291. The molecule has 8 nitrogen and oxygen atoms in total. The topological polar surface area (TPSA) is 103 Å². The molecule has 0 fully saturated rings. The van der Waals surface area contributed by atoms with Crippen LogP contribution in [0.4, 0.5) is 11.4 Å². The summed E-state index contributed by atoms with van der Waals surface area (Å²) < 4.78 is 15.3. The van der Waals surface area contributed by atoms with Gasteiger partial charge < -0.3 is 24.8 Å². The number of rotatable bonds is 8. The molecule has 2 aromatic carbocycles. The van der Waals surface area contributed by atoms with Crippen LogP contribution in [-0.4, -0.2) is 42.7 Å². The fourth-order valence-electron chi connectivity index (χ4n) is 2.42. The van der Waals surface area contributed by atoms with E-state index in [2.05, 4.69) is 10.6 Å². The molecule has 0 saturated carbocycles. The van der Waals surface area contributed by atoms with Crippen molar-refractivity contribution >= 4 is 40.9 Å². The number of carbonyl (C=O) groups is 3. The van der Waals surface area contributed by atoms with Crippen LogP contribution in [0.25, 0.3) is 0 Å². The molecule has 1 aliphatic heterocycles. The van der Waals surface area contributed by atoms with Crippen LogP contribution in [0.15, 0.2) is 42.5 Å². The summed E-state index contributed by atoms with van der Waals surface area (Å²) in [5.74, 6) is -0.0335. The summed E-state index contributed by atoms with van der Waals surface area (Å²) >= 11 is 1.11. The van der Waals surface area contributed by atoms with Crippen molar-refractivity contribution in [1.29, 1.82) is 0 Å². The third kappa shape index (κ3) is 6.42. The molecule has 2 amide bonds. The first kappa shape index (κ1) is 20.5. The maximum absolute atomic E-state index is 11.9. The van der Waals surface area contributed by atoms with E-state index in [1.54, 1.807) is 18.2 Å². The molecule has 0 saturated heterocycles. The number of anilines is 2. The van der Waals surface area contributed by atoms with Crippen LogP contribution in [-0.2, 0) is 19.1 Å². The SMILES string of the molecule is Cc1ccc(NC(=O)CSCC(=O)OCC(=O)Nc2ccc3c(c2)OCO3)cc1. The van der Waals surface area contributed by atoms with Gasteiger partial charge in [-0.05, 0) is 31.2 Å². The molecule has 3 rings (SSSR count). The first-order chi connectivity index (χ1) is 14.0. The van der Waals surface area contributed by atoms with Gasteiger partial charge in [0.15, 0.2) is 18.1 Å². The fourth-order valence-corrected chi connectivity index (χ4v) is 3.03. The van der Waals surface area contributed by atoms with Gasteiger partial charge in [0.05, 0.1) is 11.5 Å². The molecule has 1 heterocycles. The Labute approximate surface area is 171 Å². The van der Waals surface area contributed by atoms with Gasteiger partial charge in [-0.25, -0.2) is 0 Å². The Morgan fingerprint density at radius 3 is 2.41 bits per heavy atom. The average Bonchev–Trinajstić information content (AvgIpc) is 3.16. The second-order valence-corrected chi connectivity index (χ2v) is 7.17. The summed E-state index contributed by atoms with van der Waals surface area (Å²) in [6.07, 6.45) is 0. The Morgan fingerprint density at radius 1 is 0.931 bits per heavy atom. The Morgan fingerprint density at radius 2 is 1.62 bits per heavy atom. The number of ether oxygens (including phenoxy) is 3. The zero-order valence-electron chi connectivity index (χ0n) is 15.7. The first-order valence-corrected chi connectivity index (χ1v) is 9.94. The lowest BCUT2D eigenvalue weighted by molar-refractivity contribution is -0.144. The molecular formula is C20H20N2O6S. The van der Waals surface area contributed by atoms with Crippen LogP contribution in [0.2, 0.25) is 0 Å². The zero-order chi connectivity index (χ0) is 20.6. The van der Waals surface area contributed by atoms with Crippen LogP contribution in [0.1, 0.15) is 5.56 Å². The molecule has 9 heteroatoms. The number of amides is 2. The van der Waals surface area contributed by atoms with Gasteiger partial charge in [0.2, 0.25) is 12.7 Å². The Hall–Kier alpha value is -3.20. The Kier molecular flexibility index (Phi) is 6.96. The quantitative estimate of drug-likeness (QED) is 0.638. The lowest BCUT2D eigenvalue weighted by Crippen LogP contribution is -2.22. The van der Waals surface area contributed by atoms with E-state index in [-0.39, 0.29) is 24.2 Å². The van der Waals surface area contributed by atoms with Gasteiger partial charge in [-0.1, -0.05) is 17.7 Å². The lowest BCUT2D eigenvalue weighted by atomic mass is 10.2. The van der Waals surface area contributed by atoms with E-state index < -0.39 is 18.5 Å². The van der Waals surface area contributed by atoms with Gasteiger partial charge in [-0.2, -0.15) is 0 Å². The molecule has 0 radical (unpaired) electrons.